The molecule has 0 aromatic carbocycles. The Balaban J connectivity index is 1.98. The molecule has 0 aliphatic carbocycles. The van der Waals surface area contributed by atoms with Gasteiger partial charge in [-0.15, -0.1) is 0 Å². The summed E-state index contributed by atoms with van der Waals surface area (Å²) in [5, 5.41) is 9.21. The van der Waals surface area contributed by atoms with Gasteiger partial charge in [0.2, 0.25) is 0 Å². The molecule has 0 radical (unpaired) electrons. The first-order chi connectivity index (χ1) is 7.97. The van der Waals surface area contributed by atoms with Crippen LogP contribution >= 0.6 is 0 Å². The van der Waals surface area contributed by atoms with Gasteiger partial charge in [0.25, 0.3) is 0 Å². The molecule has 3 N–H and O–H groups in total. The van der Waals surface area contributed by atoms with Crippen LogP contribution in [-0.2, 0) is 4.74 Å². The lowest BCUT2D eigenvalue weighted by molar-refractivity contribution is 0.0534. The molecule has 5 heteroatoms. The Morgan fingerprint density at radius 2 is 2.00 bits per heavy atom. The van der Waals surface area contributed by atoms with Gasteiger partial charge in [0, 0.05) is 32.2 Å². The zero-order chi connectivity index (χ0) is 12.7. The van der Waals surface area contributed by atoms with Crippen molar-refractivity contribution in [2.24, 2.45) is 0 Å². The van der Waals surface area contributed by atoms with Gasteiger partial charge >= 0.3 is 6.09 Å². The molecule has 0 aromatic rings. The van der Waals surface area contributed by atoms with Crippen LogP contribution in [0.1, 0.15) is 20.8 Å². The highest BCUT2D eigenvalue weighted by Crippen LogP contribution is 2.05. The third-order valence-corrected chi connectivity index (χ3v) is 2.24. The first-order valence-electron chi connectivity index (χ1n) is 6.03. The number of carbonyl (C=O) groups excluding carboxylic acids is 1. The van der Waals surface area contributed by atoms with Crippen molar-refractivity contribution in [3.63, 3.8) is 0 Å². The van der Waals surface area contributed by atoms with Crippen molar-refractivity contribution in [3.8, 4) is 0 Å². The molecule has 1 aliphatic rings. The van der Waals surface area contributed by atoms with Crippen LogP contribution in [0.25, 0.3) is 0 Å². The van der Waals surface area contributed by atoms with E-state index in [9.17, 15) is 4.79 Å². The quantitative estimate of drug-likeness (QED) is 0.618. The zero-order valence-corrected chi connectivity index (χ0v) is 10.9. The third kappa shape index (κ3) is 6.97. The van der Waals surface area contributed by atoms with Gasteiger partial charge in [0.05, 0.1) is 0 Å². The maximum absolute atomic E-state index is 11.3. The van der Waals surface area contributed by atoms with E-state index in [-0.39, 0.29) is 6.09 Å². The predicted molar refractivity (Wildman–Crippen MR) is 68.0 cm³/mol. The smallest absolute Gasteiger partial charge is 0.407 e. The summed E-state index contributed by atoms with van der Waals surface area (Å²) < 4.78 is 5.10. The Morgan fingerprint density at radius 1 is 1.35 bits per heavy atom. The first kappa shape index (κ1) is 14.0. The van der Waals surface area contributed by atoms with Crippen molar-refractivity contribution in [3.05, 3.63) is 12.2 Å². The van der Waals surface area contributed by atoms with Gasteiger partial charge < -0.3 is 20.7 Å². The molecule has 5 nitrogen and oxygen atoms in total. The Hall–Kier alpha value is -1.07. The van der Waals surface area contributed by atoms with Gasteiger partial charge in [-0.2, -0.15) is 0 Å². The van der Waals surface area contributed by atoms with Crippen LogP contribution in [0.4, 0.5) is 4.79 Å². The topological polar surface area (TPSA) is 62.4 Å². The second-order valence-corrected chi connectivity index (χ2v) is 5.12. The second-order valence-electron chi connectivity index (χ2n) is 5.12. The molecule has 1 fully saturated rings. The Bertz CT molecular complexity index is 267. The summed E-state index contributed by atoms with van der Waals surface area (Å²) in [6.07, 6.45) is 3.55. The number of alkyl carbamates (subject to hydrolysis) is 1. The molecular formula is C12H23N3O2. The average Bonchev–Trinajstić information content (AvgIpc) is 2.10. The number of carbonyl (C=O) groups is 1. The van der Waals surface area contributed by atoms with E-state index in [4.69, 9.17) is 4.74 Å². The monoisotopic (exact) mass is 241 g/mol. The molecule has 1 saturated heterocycles. The van der Waals surface area contributed by atoms with Gasteiger partial charge in [-0.1, -0.05) is 12.2 Å². The van der Waals surface area contributed by atoms with Crippen molar-refractivity contribution in [1.29, 1.82) is 0 Å². The lowest BCUT2D eigenvalue weighted by Gasteiger charge is -2.27. The van der Waals surface area contributed by atoms with E-state index in [2.05, 4.69) is 16.0 Å². The summed E-state index contributed by atoms with van der Waals surface area (Å²) in [5.74, 6) is 0. The minimum atomic E-state index is -0.438. The van der Waals surface area contributed by atoms with Crippen LogP contribution in [0.2, 0.25) is 0 Å². The summed E-state index contributed by atoms with van der Waals surface area (Å²) in [6.45, 7) is 8.97. The van der Waals surface area contributed by atoms with Gasteiger partial charge in [0.15, 0.2) is 0 Å². The molecule has 1 heterocycles. The van der Waals surface area contributed by atoms with Crippen molar-refractivity contribution < 1.29 is 9.53 Å². The van der Waals surface area contributed by atoms with E-state index in [0.29, 0.717) is 12.6 Å². The van der Waals surface area contributed by atoms with E-state index in [1.807, 2.05) is 32.9 Å². The number of hydrogen-bond acceptors (Lipinski definition) is 4. The Kier molecular flexibility index (Phi) is 5.44. The van der Waals surface area contributed by atoms with E-state index >= 15 is 0 Å². The number of ether oxygens (including phenoxy) is 1. The highest BCUT2D eigenvalue weighted by atomic mass is 16.6. The standard InChI is InChI=1S/C12H23N3O2/c1-12(2,3)17-11(16)15-7-5-4-6-14-10-8-13-9-10/h4-5,10,13-14H,6-9H2,1-3H3,(H,15,16)/b5-4+. The maximum Gasteiger partial charge on any atom is 0.407 e. The number of amides is 1. The van der Waals surface area contributed by atoms with E-state index in [0.717, 1.165) is 19.6 Å². The SMILES string of the molecule is CC(C)(C)OC(=O)NC/C=C/CNC1CNC1. The van der Waals surface area contributed by atoms with Crippen molar-refractivity contribution >= 4 is 6.09 Å². The molecule has 0 saturated carbocycles. The highest BCUT2D eigenvalue weighted by molar-refractivity contribution is 5.67. The molecule has 1 amide bonds. The largest absolute Gasteiger partial charge is 0.444 e. The molecule has 0 atom stereocenters. The van der Waals surface area contributed by atoms with Crippen LogP contribution in [0.15, 0.2) is 12.2 Å². The van der Waals surface area contributed by atoms with Crippen LogP contribution in [0, 0.1) is 0 Å². The molecule has 0 spiro atoms. The van der Waals surface area contributed by atoms with Crippen LogP contribution in [0.5, 0.6) is 0 Å². The van der Waals surface area contributed by atoms with Gasteiger partial charge in [-0.3, -0.25) is 0 Å². The van der Waals surface area contributed by atoms with Crippen molar-refractivity contribution in [2.75, 3.05) is 26.2 Å². The zero-order valence-electron chi connectivity index (χ0n) is 10.9. The summed E-state index contributed by atoms with van der Waals surface area (Å²) >= 11 is 0. The van der Waals surface area contributed by atoms with Gasteiger partial charge in [-0.05, 0) is 20.8 Å². The van der Waals surface area contributed by atoms with Crippen LogP contribution in [0.3, 0.4) is 0 Å². The maximum atomic E-state index is 11.3. The number of rotatable bonds is 5. The molecule has 17 heavy (non-hydrogen) atoms. The molecule has 1 rings (SSSR count). The Labute approximate surface area is 103 Å². The van der Waals surface area contributed by atoms with E-state index < -0.39 is 5.60 Å². The first-order valence-corrected chi connectivity index (χ1v) is 6.03. The minimum Gasteiger partial charge on any atom is -0.444 e. The van der Waals surface area contributed by atoms with Gasteiger partial charge in [0.1, 0.15) is 5.60 Å². The van der Waals surface area contributed by atoms with Crippen LogP contribution in [-0.4, -0.2) is 43.9 Å². The predicted octanol–water partition coefficient (Wildman–Crippen LogP) is 0.629. The summed E-state index contributed by atoms with van der Waals surface area (Å²) in [5.41, 5.74) is -0.438. The molecule has 98 valence electrons. The van der Waals surface area contributed by atoms with Crippen molar-refractivity contribution in [2.45, 2.75) is 32.4 Å². The molecule has 1 aliphatic heterocycles. The average molecular weight is 241 g/mol. The van der Waals surface area contributed by atoms with Crippen LogP contribution < -0.4 is 16.0 Å². The summed E-state index contributed by atoms with van der Waals surface area (Å²) in [6, 6.07) is 0.596. The normalized spacial score (nSPS) is 16.9. The number of hydrogen-bond donors (Lipinski definition) is 3. The summed E-state index contributed by atoms with van der Waals surface area (Å²) in [4.78, 5) is 11.3. The lowest BCUT2D eigenvalue weighted by Crippen LogP contribution is -2.55. The van der Waals surface area contributed by atoms with Gasteiger partial charge in [-0.25, -0.2) is 4.79 Å². The fourth-order valence-corrected chi connectivity index (χ4v) is 1.29. The highest BCUT2D eigenvalue weighted by Gasteiger charge is 2.15. The molecule has 0 unspecified atom stereocenters. The third-order valence-electron chi connectivity index (χ3n) is 2.24. The fraction of sp³-hybridized carbons (Fsp3) is 0.750. The molecule has 0 bridgehead atoms. The minimum absolute atomic E-state index is 0.377. The lowest BCUT2D eigenvalue weighted by atomic mass is 10.2. The van der Waals surface area contributed by atoms with Crippen molar-refractivity contribution in [1.82, 2.24) is 16.0 Å². The second kappa shape index (κ2) is 6.61. The molecule has 0 aromatic heterocycles. The van der Waals surface area contributed by atoms with E-state index in [1.165, 1.54) is 0 Å². The molecular weight excluding hydrogens is 218 g/mol. The Morgan fingerprint density at radius 3 is 2.53 bits per heavy atom. The fourth-order valence-electron chi connectivity index (χ4n) is 1.29. The number of nitrogens with one attached hydrogen (secondary N) is 3. The van der Waals surface area contributed by atoms with E-state index in [1.54, 1.807) is 0 Å². The summed E-state index contributed by atoms with van der Waals surface area (Å²) in [7, 11) is 0.